The highest BCUT2D eigenvalue weighted by molar-refractivity contribution is 5.63. The molecule has 2 heterocycles. The third kappa shape index (κ3) is 5.15. The Balaban J connectivity index is 1.31. The van der Waals surface area contributed by atoms with E-state index in [4.69, 9.17) is 13.9 Å². The summed E-state index contributed by atoms with van der Waals surface area (Å²) in [6, 6.07) is 24.6. The summed E-state index contributed by atoms with van der Waals surface area (Å²) in [4.78, 5) is 4.72. The molecule has 3 aromatic carbocycles. The van der Waals surface area contributed by atoms with Crippen LogP contribution in [0.3, 0.4) is 0 Å². The molecule has 0 bridgehead atoms. The Morgan fingerprint density at radius 2 is 1.63 bits per heavy atom. The Bertz CT molecular complexity index is 1250. The van der Waals surface area contributed by atoms with Crippen molar-refractivity contribution >= 4 is 5.69 Å². The average molecular weight is 471 g/mol. The molecule has 0 amide bonds. The number of nitrogens with zero attached hydrogens (tertiary/aromatic N) is 4. The molecule has 35 heavy (non-hydrogen) atoms. The zero-order valence-electron chi connectivity index (χ0n) is 20.3. The molecule has 7 heteroatoms. The fraction of sp³-hybridized carbons (Fsp3) is 0.286. The summed E-state index contributed by atoms with van der Waals surface area (Å²) in [5.41, 5.74) is 3.96. The zero-order chi connectivity index (χ0) is 24.2. The van der Waals surface area contributed by atoms with Crippen molar-refractivity contribution in [1.82, 2.24) is 15.1 Å². The van der Waals surface area contributed by atoms with Gasteiger partial charge in [-0.3, -0.25) is 0 Å². The van der Waals surface area contributed by atoms with Crippen molar-refractivity contribution in [3.63, 3.8) is 0 Å². The van der Waals surface area contributed by atoms with Crippen molar-refractivity contribution in [2.24, 2.45) is 0 Å². The van der Waals surface area contributed by atoms with Gasteiger partial charge in [0.25, 0.3) is 0 Å². The Morgan fingerprint density at radius 3 is 2.31 bits per heavy atom. The molecule has 180 valence electrons. The van der Waals surface area contributed by atoms with Crippen LogP contribution in [0.2, 0.25) is 0 Å². The van der Waals surface area contributed by atoms with Crippen molar-refractivity contribution in [2.75, 3.05) is 39.2 Å². The minimum Gasteiger partial charge on any atom is -0.493 e. The number of anilines is 1. The van der Waals surface area contributed by atoms with Crippen LogP contribution in [0.15, 0.2) is 77.2 Å². The molecular weight excluding hydrogens is 440 g/mol. The summed E-state index contributed by atoms with van der Waals surface area (Å²) in [7, 11) is 5.92. The molecule has 1 atom stereocenters. The van der Waals surface area contributed by atoms with E-state index in [1.54, 1.807) is 7.11 Å². The number of hydrogen-bond donors (Lipinski definition) is 0. The first-order valence-electron chi connectivity index (χ1n) is 11.8. The topological polar surface area (TPSA) is 63.9 Å². The molecule has 0 saturated carbocycles. The summed E-state index contributed by atoms with van der Waals surface area (Å²) in [6.45, 7) is 2.55. The van der Waals surface area contributed by atoms with E-state index in [0.29, 0.717) is 35.9 Å². The van der Waals surface area contributed by atoms with Crippen LogP contribution in [0, 0.1) is 0 Å². The van der Waals surface area contributed by atoms with E-state index < -0.39 is 0 Å². The second-order valence-electron chi connectivity index (χ2n) is 8.95. The second kappa shape index (κ2) is 10.2. The monoisotopic (exact) mass is 470 g/mol. The lowest BCUT2D eigenvalue weighted by Gasteiger charge is -2.21. The van der Waals surface area contributed by atoms with Crippen LogP contribution in [-0.4, -0.2) is 55.4 Å². The molecule has 0 aliphatic carbocycles. The Labute approximate surface area is 205 Å². The van der Waals surface area contributed by atoms with Gasteiger partial charge in [-0.1, -0.05) is 30.3 Å². The van der Waals surface area contributed by atoms with Crippen LogP contribution >= 0.6 is 0 Å². The van der Waals surface area contributed by atoms with Gasteiger partial charge in [0, 0.05) is 35.9 Å². The molecule has 1 aliphatic heterocycles. The molecule has 4 aromatic rings. The first-order valence-corrected chi connectivity index (χ1v) is 11.8. The van der Waals surface area contributed by atoms with Gasteiger partial charge in [0.1, 0.15) is 6.61 Å². The molecule has 1 aliphatic rings. The molecule has 5 rings (SSSR count). The van der Waals surface area contributed by atoms with Crippen molar-refractivity contribution < 1.29 is 13.9 Å². The summed E-state index contributed by atoms with van der Waals surface area (Å²) in [5.74, 6) is 2.20. The SMILES string of the molecule is COc1ccc(-c2nnc(-c3ccc(N4CCC(N(C)C)C4)cc3)o2)cc1OCc1ccccc1. The van der Waals surface area contributed by atoms with Gasteiger partial charge in [-0.15, -0.1) is 10.2 Å². The van der Waals surface area contributed by atoms with Gasteiger partial charge < -0.3 is 23.7 Å². The number of likely N-dealkylation sites (N-methyl/N-ethyl adjacent to an activating group) is 1. The van der Waals surface area contributed by atoms with Crippen LogP contribution < -0.4 is 14.4 Å². The number of methoxy groups -OCH3 is 1. The minimum absolute atomic E-state index is 0.435. The van der Waals surface area contributed by atoms with E-state index in [1.165, 1.54) is 12.1 Å². The molecule has 0 radical (unpaired) electrons. The lowest BCUT2D eigenvalue weighted by molar-refractivity contribution is 0.284. The summed E-state index contributed by atoms with van der Waals surface area (Å²) >= 11 is 0. The van der Waals surface area contributed by atoms with E-state index >= 15 is 0 Å². The van der Waals surface area contributed by atoms with Crippen LogP contribution in [0.25, 0.3) is 22.9 Å². The van der Waals surface area contributed by atoms with E-state index in [-0.39, 0.29) is 0 Å². The maximum Gasteiger partial charge on any atom is 0.248 e. The lowest BCUT2D eigenvalue weighted by atomic mass is 10.2. The Kier molecular flexibility index (Phi) is 6.68. The van der Waals surface area contributed by atoms with Crippen LogP contribution in [0.1, 0.15) is 12.0 Å². The predicted octanol–water partition coefficient (Wildman–Crippen LogP) is 5.13. The van der Waals surface area contributed by atoms with Crippen LogP contribution in [-0.2, 0) is 6.61 Å². The highest BCUT2D eigenvalue weighted by Gasteiger charge is 2.24. The standard InChI is InChI=1S/C28H30N4O3/c1-31(2)24-15-16-32(18-24)23-12-9-21(10-13-23)27-29-30-28(35-27)22-11-14-25(33-3)26(17-22)34-19-20-7-5-4-6-8-20/h4-14,17,24H,15-16,18-19H2,1-3H3. The highest BCUT2D eigenvalue weighted by Crippen LogP contribution is 2.34. The van der Waals surface area contributed by atoms with Gasteiger partial charge in [-0.2, -0.15) is 0 Å². The quantitative estimate of drug-likeness (QED) is 0.354. The molecule has 1 unspecified atom stereocenters. The van der Waals surface area contributed by atoms with Crippen molar-refractivity contribution in [2.45, 2.75) is 19.1 Å². The van der Waals surface area contributed by atoms with E-state index in [0.717, 1.165) is 29.8 Å². The maximum atomic E-state index is 6.03. The normalized spacial score (nSPS) is 15.5. The van der Waals surface area contributed by atoms with Crippen LogP contribution in [0.5, 0.6) is 11.5 Å². The number of ether oxygens (including phenoxy) is 2. The van der Waals surface area contributed by atoms with Crippen molar-refractivity contribution in [3.8, 4) is 34.4 Å². The molecule has 1 saturated heterocycles. The lowest BCUT2D eigenvalue weighted by Crippen LogP contribution is -2.31. The third-order valence-electron chi connectivity index (χ3n) is 6.45. The van der Waals surface area contributed by atoms with Gasteiger partial charge in [-0.25, -0.2) is 0 Å². The van der Waals surface area contributed by atoms with Crippen LogP contribution in [0.4, 0.5) is 5.69 Å². The largest absolute Gasteiger partial charge is 0.493 e. The number of benzene rings is 3. The molecule has 7 nitrogen and oxygen atoms in total. The first-order chi connectivity index (χ1) is 17.1. The van der Waals surface area contributed by atoms with Crippen molar-refractivity contribution in [3.05, 3.63) is 78.4 Å². The predicted molar refractivity (Wildman–Crippen MR) is 137 cm³/mol. The molecule has 0 N–H and O–H groups in total. The number of hydrogen-bond acceptors (Lipinski definition) is 7. The van der Waals surface area contributed by atoms with Gasteiger partial charge in [-0.05, 0) is 68.5 Å². The van der Waals surface area contributed by atoms with Crippen molar-refractivity contribution in [1.29, 1.82) is 0 Å². The summed E-state index contributed by atoms with van der Waals surface area (Å²) in [6.07, 6.45) is 1.18. The molecule has 1 aromatic heterocycles. The fourth-order valence-corrected chi connectivity index (χ4v) is 4.33. The van der Waals surface area contributed by atoms with Gasteiger partial charge in [0.05, 0.1) is 7.11 Å². The summed E-state index contributed by atoms with van der Waals surface area (Å²) < 4.78 is 17.5. The second-order valence-corrected chi connectivity index (χ2v) is 8.95. The van der Waals surface area contributed by atoms with Gasteiger partial charge in [0.2, 0.25) is 11.8 Å². The smallest absolute Gasteiger partial charge is 0.248 e. The summed E-state index contributed by atoms with van der Waals surface area (Å²) in [5, 5.41) is 8.56. The number of rotatable bonds is 8. The van der Waals surface area contributed by atoms with E-state index in [1.807, 2.05) is 60.7 Å². The average Bonchev–Trinajstić information content (AvgIpc) is 3.59. The highest BCUT2D eigenvalue weighted by atomic mass is 16.5. The third-order valence-corrected chi connectivity index (χ3v) is 6.45. The van der Waals surface area contributed by atoms with E-state index in [2.05, 4.69) is 46.2 Å². The van der Waals surface area contributed by atoms with Gasteiger partial charge >= 0.3 is 0 Å². The molecule has 0 spiro atoms. The Morgan fingerprint density at radius 1 is 0.914 bits per heavy atom. The molecular formula is C28H30N4O3. The van der Waals surface area contributed by atoms with Gasteiger partial charge in [0.15, 0.2) is 11.5 Å². The Hall–Kier alpha value is -3.84. The number of aromatic nitrogens is 2. The minimum atomic E-state index is 0.435. The van der Waals surface area contributed by atoms with E-state index in [9.17, 15) is 0 Å². The first kappa shape index (κ1) is 22.9. The molecule has 1 fully saturated rings. The fourth-order valence-electron chi connectivity index (χ4n) is 4.33. The zero-order valence-corrected chi connectivity index (χ0v) is 20.3. The maximum absolute atomic E-state index is 6.03.